The van der Waals surface area contributed by atoms with Crippen LogP contribution in [0, 0.1) is 0 Å². The second kappa shape index (κ2) is 5.49. The molecule has 0 N–H and O–H groups in total. The molecule has 0 aliphatic carbocycles. The van der Waals surface area contributed by atoms with E-state index in [0.717, 1.165) is 12.8 Å². The molecular formula is C14H15NO3. The number of ether oxygens (including phenoxy) is 1. The van der Waals surface area contributed by atoms with E-state index in [4.69, 9.17) is 4.74 Å². The van der Waals surface area contributed by atoms with Gasteiger partial charge in [-0.05, 0) is 31.1 Å². The van der Waals surface area contributed by atoms with E-state index >= 15 is 0 Å². The maximum atomic E-state index is 12.0. The number of nitrogens with zero attached hydrogens (tertiary/aromatic N) is 1. The summed E-state index contributed by atoms with van der Waals surface area (Å²) >= 11 is 0. The fourth-order valence-electron chi connectivity index (χ4n) is 1.97. The largest absolute Gasteiger partial charge is 0.505 e. The molecule has 2 amide bonds. The molecule has 2 rings (SSSR count). The van der Waals surface area contributed by atoms with Crippen LogP contribution in [0.2, 0.25) is 0 Å². The number of imide groups is 1. The van der Waals surface area contributed by atoms with Crippen molar-refractivity contribution < 1.29 is 14.3 Å². The number of carbonyl (C=O) groups is 2. The second-order valence-electron chi connectivity index (χ2n) is 4.06. The van der Waals surface area contributed by atoms with E-state index in [9.17, 15) is 9.59 Å². The van der Waals surface area contributed by atoms with E-state index in [1.54, 1.807) is 37.6 Å². The average molecular weight is 245 g/mol. The number of hydrogen-bond acceptors (Lipinski definition) is 3. The number of amides is 2. The van der Waals surface area contributed by atoms with Gasteiger partial charge < -0.3 is 4.74 Å². The summed E-state index contributed by atoms with van der Waals surface area (Å²) in [5.74, 6) is -0.377. The average Bonchev–Trinajstić information content (AvgIpc) is 2.64. The third kappa shape index (κ3) is 2.27. The van der Waals surface area contributed by atoms with Crippen molar-refractivity contribution in [2.75, 3.05) is 13.7 Å². The summed E-state index contributed by atoms with van der Waals surface area (Å²) in [6.07, 6.45) is 4.99. The highest BCUT2D eigenvalue weighted by molar-refractivity contribution is 6.21. The van der Waals surface area contributed by atoms with E-state index in [0.29, 0.717) is 17.7 Å². The molecule has 0 fully saturated rings. The van der Waals surface area contributed by atoms with E-state index in [2.05, 4.69) is 0 Å². The van der Waals surface area contributed by atoms with Crippen molar-refractivity contribution in [1.82, 2.24) is 4.90 Å². The van der Waals surface area contributed by atoms with Gasteiger partial charge in [-0.15, -0.1) is 0 Å². The normalized spacial score (nSPS) is 14.4. The van der Waals surface area contributed by atoms with Gasteiger partial charge in [-0.3, -0.25) is 14.5 Å². The molecule has 0 aromatic heterocycles. The Kier molecular flexibility index (Phi) is 3.77. The number of unbranched alkanes of at least 4 members (excludes halogenated alkanes) is 1. The molecule has 0 saturated carbocycles. The lowest BCUT2D eigenvalue weighted by Gasteiger charge is -2.12. The fourth-order valence-corrected chi connectivity index (χ4v) is 1.97. The predicted octanol–water partition coefficient (Wildman–Crippen LogP) is 2.22. The van der Waals surface area contributed by atoms with Gasteiger partial charge in [0.05, 0.1) is 24.5 Å². The van der Waals surface area contributed by atoms with Crippen LogP contribution in [0.25, 0.3) is 0 Å². The SMILES string of the molecule is CO/C=C/CCCN1C(=O)c2ccccc2C1=O. The number of rotatable bonds is 5. The van der Waals surface area contributed by atoms with E-state index in [1.165, 1.54) is 4.90 Å². The van der Waals surface area contributed by atoms with Crippen LogP contribution in [0.5, 0.6) is 0 Å². The molecule has 1 aliphatic heterocycles. The Hall–Kier alpha value is -2.10. The third-order valence-corrected chi connectivity index (χ3v) is 2.86. The van der Waals surface area contributed by atoms with Gasteiger partial charge in [-0.2, -0.15) is 0 Å². The maximum absolute atomic E-state index is 12.0. The van der Waals surface area contributed by atoms with Crippen molar-refractivity contribution in [2.24, 2.45) is 0 Å². The molecule has 0 atom stereocenters. The van der Waals surface area contributed by atoms with Crippen molar-refractivity contribution in [3.63, 3.8) is 0 Å². The summed E-state index contributed by atoms with van der Waals surface area (Å²) in [5.41, 5.74) is 1.02. The van der Waals surface area contributed by atoms with Gasteiger partial charge in [0, 0.05) is 6.54 Å². The summed E-state index contributed by atoms with van der Waals surface area (Å²) in [6.45, 7) is 0.445. The van der Waals surface area contributed by atoms with Gasteiger partial charge in [-0.1, -0.05) is 12.1 Å². The molecular weight excluding hydrogens is 230 g/mol. The van der Waals surface area contributed by atoms with Crippen molar-refractivity contribution in [1.29, 1.82) is 0 Å². The van der Waals surface area contributed by atoms with E-state index < -0.39 is 0 Å². The number of hydrogen-bond donors (Lipinski definition) is 0. The summed E-state index contributed by atoms with van der Waals surface area (Å²) in [5, 5.41) is 0. The second-order valence-corrected chi connectivity index (χ2v) is 4.06. The highest BCUT2D eigenvalue weighted by Gasteiger charge is 2.34. The highest BCUT2D eigenvalue weighted by atomic mass is 16.5. The molecule has 1 aliphatic rings. The Morgan fingerprint density at radius 1 is 1.17 bits per heavy atom. The van der Waals surface area contributed by atoms with Crippen LogP contribution in [0.15, 0.2) is 36.6 Å². The van der Waals surface area contributed by atoms with Crippen molar-refractivity contribution >= 4 is 11.8 Å². The van der Waals surface area contributed by atoms with Crippen LogP contribution in [-0.4, -0.2) is 30.4 Å². The number of carbonyl (C=O) groups excluding carboxylic acids is 2. The Balaban J connectivity index is 1.99. The van der Waals surface area contributed by atoms with Crippen molar-refractivity contribution in [3.8, 4) is 0 Å². The monoisotopic (exact) mass is 245 g/mol. The lowest BCUT2D eigenvalue weighted by atomic mass is 10.1. The van der Waals surface area contributed by atoms with Crippen molar-refractivity contribution in [3.05, 3.63) is 47.7 Å². The van der Waals surface area contributed by atoms with E-state index in [1.807, 2.05) is 6.08 Å². The molecule has 94 valence electrons. The molecule has 0 spiro atoms. The molecule has 4 nitrogen and oxygen atoms in total. The third-order valence-electron chi connectivity index (χ3n) is 2.86. The van der Waals surface area contributed by atoms with Gasteiger partial charge in [0.25, 0.3) is 11.8 Å². The van der Waals surface area contributed by atoms with Gasteiger partial charge in [0.1, 0.15) is 0 Å². The van der Waals surface area contributed by atoms with Crippen LogP contribution in [0.1, 0.15) is 33.6 Å². The van der Waals surface area contributed by atoms with E-state index in [-0.39, 0.29) is 11.8 Å². The van der Waals surface area contributed by atoms with Crippen LogP contribution < -0.4 is 0 Å². The smallest absolute Gasteiger partial charge is 0.261 e. The van der Waals surface area contributed by atoms with Crippen LogP contribution in [0.3, 0.4) is 0 Å². The Bertz CT molecular complexity index is 459. The highest BCUT2D eigenvalue weighted by Crippen LogP contribution is 2.22. The van der Waals surface area contributed by atoms with Crippen LogP contribution >= 0.6 is 0 Å². The zero-order valence-electron chi connectivity index (χ0n) is 10.3. The molecule has 1 heterocycles. The van der Waals surface area contributed by atoms with Gasteiger partial charge in [0.2, 0.25) is 0 Å². The number of methoxy groups -OCH3 is 1. The summed E-state index contributed by atoms with van der Waals surface area (Å²) in [7, 11) is 1.58. The first kappa shape index (κ1) is 12.4. The number of fused-ring (bicyclic) bond motifs is 1. The first-order valence-electron chi connectivity index (χ1n) is 5.88. The minimum absolute atomic E-state index is 0.189. The number of benzene rings is 1. The number of allylic oxidation sites excluding steroid dienone is 1. The topological polar surface area (TPSA) is 46.6 Å². The van der Waals surface area contributed by atoms with Crippen LogP contribution in [-0.2, 0) is 4.74 Å². The lowest BCUT2D eigenvalue weighted by molar-refractivity contribution is 0.0653. The minimum atomic E-state index is -0.189. The molecule has 0 saturated heterocycles. The fraction of sp³-hybridized carbons (Fsp3) is 0.286. The molecule has 0 radical (unpaired) electrons. The summed E-state index contributed by atoms with van der Waals surface area (Å²) in [6, 6.07) is 6.93. The van der Waals surface area contributed by atoms with Crippen LogP contribution in [0.4, 0.5) is 0 Å². The molecule has 0 unspecified atom stereocenters. The zero-order valence-corrected chi connectivity index (χ0v) is 10.3. The minimum Gasteiger partial charge on any atom is -0.505 e. The Morgan fingerprint density at radius 2 is 1.78 bits per heavy atom. The first-order valence-corrected chi connectivity index (χ1v) is 5.88. The summed E-state index contributed by atoms with van der Waals surface area (Å²) in [4.78, 5) is 25.3. The standard InChI is InChI=1S/C14H15NO3/c1-18-10-6-2-5-9-15-13(16)11-7-3-4-8-12(11)14(15)17/h3-4,6-8,10H,2,5,9H2,1H3/b10-6+. The quantitative estimate of drug-likeness (QED) is 0.454. The molecule has 1 aromatic carbocycles. The van der Waals surface area contributed by atoms with Gasteiger partial charge in [-0.25, -0.2) is 0 Å². The molecule has 4 heteroatoms. The summed E-state index contributed by atoms with van der Waals surface area (Å²) < 4.78 is 4.78. The molecule has 18 heavy (non-hydrogen) atoms. The molecule has 1 aromatic rings. The maximum Gasteiger partial charge on any atom is 0.261 e. The molecule has 0 bridgehead atoms. The van der Waals surface area contributed by atoms with Crippen molar-refractivity contribution in [2.45, 2.75) is 12.8 Å². The Morgan fingerprint density at radius 3 is 2.33 bits per heavy atom. The van der Waals surface area contributed by atoms with Gasteiger partial charge in [0.15, 0.2) is 0 Å². The zero-order chi connectivity index (χ0) is 13.0. The Labute approximate surface area is 106 Å². The predicted molar refractivity (Wildman–Crippen MR) is 67.2 cm³/mol. The first-order chi connectivity index (χ1) is 8.75. The lowest BCUT2D eigenvalue weighted by Crippen LogP contribution is -2.30. The van der Waals surface area contributed by atoms with Gasteiger partial charge >= 0.3 is 0 Å².